The van der Waals surface area contributed by atoms with Gasteiger partial charge in [0.25, 0.3) is 0 Å². The van der Waals surface area contributed by atoms with Gasteiger partial charge in [-0.25, -0.2) is 0 Å². The number of rotatable bonds is 5. The highest BCUT2D eigenvalue weighted by Crippen LogP contribution is 2.20. The van der Waals surface area contributed by atoms with Crippen LogP contribution in [0.3, 0.4) is 0 Å². The SMILES string of the molecule is CCC(NCc1cc(C)c(C)s1)C(N)=NO. The van der Waals surface area contributed by atoms with Gasteiger partial charge in [-0.3, -0.25) is 0 Å². The van der Waals surface area contributed by atoms with Crippen LogP contribution >= 0.6 is 11.3 Å². The summed E-state index contributed by atoms with van der Waals surface area (Å²) in [4.78, 5) is 2.62. The third kappa shape index (κ3) is 3.21. The number of amidine groups is 1. The van der Waals surface area contributed by atoms with Gasteiger partial charge in [0, 0.05) is 16.3 Å². The van der Waals surface area contributed by atoms with Crippen LogP contribution in [0.1, 0.15) is 28.7 Å². The number of nitrogens with two attached hydrogens (primary N) is 1. The molecule has 1 aromatic rings. The maximum Gasteiger partial charge on any atom is 0.156 e. The predicted octanol–water partition coefficient (Wildman–Crippen LogP) is 1.98. The predicted molar refractivity (Wildman–Crippen MR) is 68.1 cm³/mol. The number of nitrogens with zero attached hydrogens (tertiary/aromatic N) is 1. The van der Waals surface area contributed by atoms with Crippen molar-refractivity contribution < 1.29 is 5.21 Å². The standard InChI is InChI=1S/C11H19N3OS/c1-4-10(11(12)14-15)13-6-9-5-7(2)8(3)16-9/h5,10,13,15H,4,6H2,1-3H3,(H2,12,14). The zero-order chi connectivity index (χ0) is 12.1. The van der Waals surface area contributed by atoms with E-state index >= 15 is 0 Å². The summed E-state index contributed by atoms with van der Waals surface area (Å²) in [6, 6.07) is 2.11. The maximum atomic E-state index is 8.61. The number of oxime groups is 1. The first-order chi connectivity index (χ1) is 7.58. The Morgan fingerprint density at radius 2 is 2.31 bits per heavy atom. The first-order valence-electron chi connectivity index (χ1n) is 5.35. The van der Waals surface area contributed by atoms with Crippen molar-refractivity contribution in [1.29, 1.82) is 0 Å². The Morgan fingerprint density at radius 1 is 1.62 bits per heavy atom. The molecule has 4 nitrogen and oxygen atoms in total. The van der Waals surface area contributed by atoms with Crippen molar-refractivity contribution in [2.75, 3.05) is 0 Å². The van der Waals surface area contributed by atoms with Gasteiger partial charge in [0.15, 0.2) is 5.84 Å². The quantitative estimate of drug-likeness (QED) is 0.319. The summed E-state index contributed by atoms with van der Waals surface area (Å²) in [5.74, 6) is 0.243. The highest BCUT2D eigenvalue weighted by Gasteiger charge is 2.11. The average molecular weight is 241 g/mol. The highest BCUT2D eigenvalue weighted by atomic mass is 32.1. The van der Waals surface area contributed by atoms with E-state index in [0.717, 1.165) is 13.0 Å². The first-order valence-corrected chi connectivity index (χ1v) is 6.16. The molecule has 0 aliphatic carbocycles. The number of thiophene rings is 1. The first kappa shape index (κ1) is 13.0. The third-order valence-corrected chi connectivity index (χ3v) is 3.77. The Bertz CT molecular complexity index is 354. The van der Waals surface area contributed by atoms with Crippen molar-refractivity contribution in [1.82, 2.24) is 5.32 Å². The molecule has 0 aliphatic heterocycles. The van der Waals surface area contributed by atoms with Gasteiger partial charge in [-0.05, 0) is 31.9 Å². The minimum absolute atomic E-state index is 0.0623. The zero-order valence-electron chi connectivity index (χ0n) is 9.95. The van der Waals surface area contributed by atoms with Crippen LogP contribution in [-0.2, 0) is 6.54 Å². The molecule has 0 bridgehead atoms. The molecular formula is C11H19N3OS. The minimum atomic E-state index is -0.0623. The molecule has 0 saturated carbocycles. The van der Waals surface area contributed by atoms with Gasteiger partial charge < -0.3 is 16.3 Å². The summed E-state index contributed by atoms with van der Waals surface area (Å²) in [6.07, 6.45) is 0.805. The molecule has 90 valence electrons. The van der Waals surface area contributed by atoms with Crippen LogP contribution in [0.5, 0.6) is 0 Å². The lowest BCUT2D eigenvalue weighted by atomic mass is 10.2. The van der Waals surface area contributed by atoms with Crippen molar-refractivity contribution >= 4 is 17.2 Å². The van der Waals surface area contributed by atoms with E-state index < -0.39 is 0 Å². The molecule has 5 heteroatoms. The summed E-state index contributed by atoms with van der Waals surface area (Å²) < 4.78 is 0. The van der Waals surface area contributed by atoms with Crippen LogP contribution in [0.25, 0.3) is 0 Å². The Labute approximate surface area is 100 Å². The second-order valence-electron chi connectivity index (χ2n) is 3.82. The van der Waals surface area contributed by atoms with E-state index in [-0.39, 0.29) is 11.9 Å². The maximum absolute atomic E-state index is 8.61. The molecule has 1 heterocycles. The van der Waals surface area contributed by atoms with Gasteiger partial charge in [0.2, 0.25) is 0 Å². The zero-order valence-corrected chi connectivity index (χ0v) is 10.8. The molecule has 16 heavy (non-hydrogen) atoms. The summed E-state index contributed by atoms with van der Waals surface area (Å²) in [6.45, 7) is 6.98. The van der Waals surface area contributed by atoms with Crippen LogP contribution in [0.2, 0.25) is 0 Å². The lowest BCUT2D eigenvalue weighted by Crippen LogP contribution is -2.40. The largest absolute Gasteiger partial charge is 0.409 e. The summed E-state index contributed by atoms with van der Waals surface area (Å²) >= 11 is 1.78. The van der Waals surface area contributed by atoms with Crippen LogP contribution in [0.4, 0.5) is 0 Å². The molecule has 1 atom stereocenters. The van der Waals surface area contributed by atoms with E-state index in [1.165, 1.54) is 15.3 Å². The van der Waals surface area contributed by atoms with Gasteiger partial charge in [-0.1, -0.05) is 12.1 Å². The lowest BCUT2D eigenvalue weighted by molar-refractivity contribution is 0.314. The molecule has 0 spiro atoms. The second-order valence-corrected chi connectivity index (χ2v) is 5.16. The summed E-state index contributed by atoms with van der Waals surface area (Å²) in [5.41, 5.74) is 6.89. The molecular weight excluding hydrogens is 222 g/mol. The second kappa shape index (κ2) is 5.86. The molecule has 0 fully saturated rings. The fourth-order valence-corrected chi connectivity index (χ4v) is 2.49. The molecule has 1 unspecified atom stereocenters. The van der Waals surface area contributed by atoms with E-state index in [2.05, 4.69) is 30.4 Å². The van der Waals surface area contributed by atoms with Gasteiger partial charge in [0.1, 0.15) is 0 Å². The van der Waals surface area contributed by atoms with Gasteiger partial charge in [0.05, 0.1) is 6.04 Å². The number of aryl methyl sites for hydroxylation is 2. The Hall–Kier alpha value is -1.07. The molecule has 0 aromatic carbocycles. The van der Waals surface area contributed by atoms with Crippen LogP contribution in [0, 0.1) is 13.8 Å². The van der Waals surface area contributed by atoms with Crippen molar-refractivity contribution in [3.05, 3.63) is 21.4 Å². The minimum Gasteiger partial charge on any atom is -0.409 e. The topological polar surface area (TPSA) is 70.6 Å². The molecule has 0 amide bonds. The number of hydrogen-bond acceptors (Lipinski definition) is 4. The Kier molecular flexibility index (Phi) is 4.76. The third-order valence-electron chi connectivity index (χ3n) is 2.62. The Morgan fingerprint density at radius 3 is 2.75 bits per heavy atom. The van der Waals surface area contributed by atoms with E-state index in [1.54, 1.807) is 11.3 Å². The van der Waals surface area contributed by atoms with Crippen LogP contribution < -0.4 is 11.1 Å². The number of nitrogens with one attached hydrogen (secondary N) is 1. The molecule has 1 aromatic heterocycles. The molecule has 1 rings (SSSR count). The van der Waals surface area contributed by atoms with Gasteiger partial charge in [-0.15, -0.1) is 11.3 Å². The van der Waals surface area contributed by atoms with Crippen molar-refractivity contribution in [2.24, 2.45) is 10.9 Å². The highest BCUT2D eigenvalue weighted by molar-refractivity contribution is 7.12. The number of hydrogen-bond donors (Lipinski definition) is 3. The van der Waals surface area contributed by atoms with E-state index in [4.69, 9.17) is 10.9 Å². The average Bonchev–Trinajstić information content (AvgIpc) is 2.59. The molecule has 0 saturated heterocycles. The van der Waals surface area contributed by atoms with Gasteiger partial charge in [-0.2, -0.15) is 0 Å². The van der Waals surface area contributed by atoms with Crippen LogP contribution in [0.15, 0.2) is 11.2 Å². The van der Waals surface area contributed by atoms with E-state index in [1.807, 2.05) is 6.92 Å². The van der Waals surface area contributed by atoms with Crippen molar-refractivity contribution in [3.63, 3.8) is 0 Å². The molecule has 0 aliphatic rings. The normalized spacial score (nSPS) is 14.1. The smallest absolute Gasteiger partial charge is 0.156 e. The molecule has 0 radical (unpaired) electrons. The summed E-state index contributed by atoms with van der Waals surface area (Å²) in [5, 5.41) is 14.9. The monoisotopic (exact) mass is 241 g/mol. The van der Waals surface area contributed by atoms with Crippen LogP contribution in [-0.4, -0.2) is 17.1 Å². The molecule has 4 N–H and O–H groups in total. The fraction of sp³-hybridized carbons (Fsp3) is 0.545. The van der Waals surface area contributed by atoms with Gasteiger partial charge >= 0.3 is 0 Å². The fourth-order valence-electron chi connectivity index (χ4n) is 1.49. The van der Waals surface area contributed by atoms with E-state index in [9.17, 15) is 0 Å². The lowest BCUT2D eigenvalue weighted by Gasteiger charge is -2.14. The van der Waals surface area contributed by atoms with E-state index in [0.29, 0.717) is 0 Å². The van der Waals surface area contributed by atoms with Crippen molar-refractivity contribution in [2.45, 2.75) is 39.8 Å². The van der Waals surface area contributed by atoms with Crippen molar-refractivity contribution in [3.8, 4) is 0 Å². The summed E-state index contributed by atoms with van der Waals surface area (Å²) in [7, 11) is 0. The Balaban J connectivity index is 2.56.